The number of hydrogen-bond donors (Lipinski definition) is 1. The highest BCUT2D eigenvalue weighted by atomic mass is 19.1. The standard InChI is InChI=1S/C32H30F2N4O3/c1-40-24-12-9-19(29(15-24)41-2)17-38-18-28-30(32(38)39)20(14-27(37-28)31-25(33)7-4-8-26(31)34)13-22-10-11-23(16-35-22)36-21-5-3-6-21/h4,7-12,14-16,21,36H,3,5-6,13,17-18H2,1-2H3. The van der Waals surface area contributed by atoms with Gasteiger partial charge in [-0.15, -0.1) is 0 Å². The summed E-state index contributed by atoms with van der Waals surface area (Å²) in [6.07, 6.45) is 5.64. The fourth-order valence-corrected chi connectivity index (χ4v) is 5.37. The van der Waals surface area contributed by atoms with Crippen LogP contribution in [0.1, 0.15) is 52.1 Å². The first-order valence-corrected chi connectivity index (χ1v) is 13.6. The Hall–Kier alpha value is -4.53. The van der Waals surface area contributed by atoms with Gasteiger partial charge in [-0.25, -0.2) is 13.8 Å². The van der Waals surface area contributed by atoms with Crippen LogP contribution in [0.15, 0.2) is 60.8 Å². The molecule has 0 unspecified atom stereocenters. The van der Waals surface area contributed by atoms with Gasteiger partial charge < -0.3 is 19.7 Å². The SMILES string of the molecule is COc1ccc(CN2Cc3nc(-c4c(F)cccc4F)cc(Cc4ccc(NC5CCC5)cn4)c3C2=O)c(OC)c1. The van der Waals surface area contributed by atoms with Crippen molar-refractivity contribution >= 4 is 11.6 Å². The van der Waals surface area contributed by atoms with Crippen molar-refractivity contribution in [3.05, 3.63) is 101 Å². The van der Waals surface area contributed by atoms with Crippen molar-refractivity contribution in [2.24, 2.45) is 0 Å². The number of nitrogens with zero attached hydrogens (tertiary/aromatic N) is 3. The maximum absolute atomic E-state index is 14.8. The molecule has 1 amide bonds. The molecule has 6 rings (SSSR count). The Bertz CT molecular complexity index is 1590. The van der Waals surface area contributed by atoms with Gasteiger partial charge in [-0.1, -0.05) is 6.07 Å². The highest BCUT2D eigenvalue weighted by Gasteiger charge is 2.33. The molecule has 1 aliphatic heterocycles. The first kappa shape index (κ1) is 26.7. The number of ether oxygens (including phenoxy) is 2. The molecule has 2 aliphatic rings. The normalized spacial score (nSPS) is 14.5. The van der Waals surface area contributed by atoms with Crippen molar-refractivity contribution in [3.8, 4) is 22.8 Å². The Morgan fingerprint density at radius 1 is 0.976 bits per heavy atom. The molecule has 0 atom stereocenters. The number of anilines is 1. The summed E-state index contributed by atoms with van der Waals surface area (Å²) < 4.78 is 40.5. The van der Waals surface area contributed by atoms with E-state index in [1.54, 1.807) is 37.4 Å². The molecule has 0 radical (unpaired) electrons. The first-order valence-electron chi connectivity index (χ1n) is 13.6. The van der Waals surface area contributed by atoms with E-state index in [2.05, 4.69) is 15.3 Å². The molecular weight excluding hydrogens is 526 g/mol. The molecule has 1 fully saturated rings. The third-order valence-corrected chi connectivity index (χ3v) is 7.76. The molecule has 0 bridgehead atoms. The van der Waals surface area contributed by atoms with Gasteiger partial charge in [-0.3, -0.25) is 9.78 Å². The molecule has 0 spiro atoms. The molecule has 9 heteroatoms. The van der Waals surface area contributed by atoms with Crippen LogP contribution < -0.4 is 14.8 Å². The molecule has 7 nitrogen and oxygen atoms in total. The quantitative estimate of drug-likeness (QED) is 0.267. The van der Waals surface area contributed by atoms with Crippen LogP contribution in [0.5, 0.6) is 11.5 Å². The van der Waals surface area contributed by atoms with Crippen LogP contribution in [0.2, 0.25) is 0 Å². The molecule has 1 aliphatic carbocycles. The van der Waals surface area contributed by atoms with Crippen LogP contribution >= 0.6 is 0 Å². The molecule has 2 aromatic heterocycles. The number of carbonyl (C=O) groups excluding carboxylic acids is 1. The molecule has 1 saturated carbocycles. The molecule has 41 heavy (non-hydrogen) atoms. The third kappa shape index (κ3) is 5.31. The lowest BCUT2D eigenvalue weighted by Gasteiger charge is -2.27. The highest BCUT2D eigenvalue weighted by Crippen LogP contribution is 2.35. The van der Waals surface area contributed by atoms with E-state index in [0.717, 1.165) is 29.8 Å². The summed E-state index contributed by atoms with van der Waals surface area (Å²) in [6, 6.07) is 15.1. The fourth-order valence-electron chi connectivity index (χ4n) is 5.37. The maximum atomic E-state index is 14.8. The van der Waals surface area contributed by atoms with Crippen molar-refractivity contribution in [1.82, 2.24) is 14.9 Å². The monoisotopic (exact) mass is 556 g/mol. The summed E-state index contributed by atoms with van der Waals surface area (Å²) in [7, 11) is 3.14. The average Bonchev–Trinajstić information content (AvgIpc) is 3.26. The van der Waals surface area contributed by atoms with E-state index < -0.39 is 11.6 Å². The second kappa shape index (κ2) is 11.2. The van der Waals surface area contributed by atoms with Crippen LogP contribution in [0.4, 0.5) is 14.5 Å². The van der Waals surface area contributed by atoms with Crippen LogP contribution in [-0.4, -0.2) is 41.0 Å². The summed E-state index contributed by atoms with van der Waals surface area (Å²) in [4.78, 5) is 24.6. The average molecular weight is 557 g/mol. The van der Waals surface area contributed by atoms with Gasteiger partial charge in [-0.2, -0.15) is 0 Å². The minimum Gasteiger partial charge on any atom is -0.497 e. The molecule has 4 aromatic rings. The number of carbonyl (C=O) groups is 1. The summed E-state index contributed by atoms with van der Waals surface area (Å²) >= 11 is 0. The number of amides is 1. The molecule has 3 heterocycles. The van der Waals surface area contributed by atoms with Gasteiger partial charge in [0.25, 0.3) is 5.91 Å². The predicted octanol–water partition coefficient (Wildman–Crippen LogP) is 6.15. The van der Waals surface area contributed by atoms with E-state index in [9.17, 15) is 13.6 Å². The number of nitrogens with one attached hydrogen (secondary N) is 1. The van der Waals surface area contributed by atoms with Crippen molar-refractivity contribution in [2.45, 2.75) is 44.8 Å². The van der Waals surface area contributed by atoms with Gasteiger partial charge in [0, 0.05) is 29.8 Å². The minimum atomic E-state index is -0.711. The lowest BCUT2D eigenvalue weighted by Crippen LogP contribution is -2.26. The van der Waals surface area contributed by atoms with Crippen LogP contribution in [0.25, 0.3) is 11.3 Å². The zero-order chi connectivity index (χ0) is 28.5. The molecule has 2 aromatic carbocycles. The van der Waals surface area contributed by atoms with Gasteiger partial charge in [0.1, 0.15) is 23.1 Å². The second-order valence-corrected chi connectivity index (χ2v) is 10.4. The van der Waals surface area contributed by atoms with E-state index in [0.29, 0.717) is 40.8 Å². The van der Waals surface area contributed by atoms with Crippen molar-refractivity contribution in [3.63, 3.8) is 0 Å². The van der Waals surface area contributed by atoms with Gasteiger partial charge in [0.15, 0.2) is 0 Å². The Morgan fingerprint density at radius 2 is 1.78 bits per heavy atom. The van der Waals surface area contributed by atoms with Crippen LogP contribution in [-0.2, 0) is 19.5 Å². The number of fused-ring (bicyclic) bond motifs is 1. The Kier molecular flexibility index (Phi) is 7.26. The third-order valence-electron chi connectivity index (χ3n) is 7.76. The first-order chi connectivity index (χ1) is 19.9. The Morgan fingerprint density at radius 3 is 2.44 bits per heavy atom. The van der Waals surface area contributed by atoms with E-state index in [1.165, 1.54) is 24.6 Å². The summed E-state index contributed by atoms with van der Waals surface area (Å²) in [5.41, 5.74) is 3.95. The van der Waals surface area contributed by atoms with E-state index >= 15 is 0 Å². The number of aromatic nitrogens is 2. The fraction of sp³-hybridized carbons (Fsp3) is 0.281. The minimum absolute atomic E-state index is 0.147. The van der Waals surface area contributed by atoms with Gasteiger partial charge in [-0.05, 0) is 67.3 Å². The molecule has 0 saturated heterocycles. The number of methoxy groups -OCH3 is 2. The zero-order valence-corrected chi connectivity index (χ0v) is 22.9. The Labute approximate surface area is 237 Å². The summed E-state index contributed by atoms with van der Waals surface area (Å²) in [5, 5.41) is 3.47. The maximum Gasteiger partial charge on any atom is 0.256 e. The van der Waals surface area contributed by atoms with Gasteiger partial charge >= 0.3 is 0 Å². The highest BCUT2D eigenvalue weighted by molar-refractivity contribution is 5.99. The second-order valence-electron chi connectivity index (χ2n) is 10.4. The molecular formula is C32H30F2N4O3. The van der Waals surface area contributed by atoms with Crippen molar-refractivity contribution in [1.29, 1.82) is 0 Å². The van der Waals surface area contributed by atoms with Crippen molar-refractivity contribution < 1.29 is 23.0 Å². The number of rotatable bonds is 9. The lowest BCUT2D eigenvalue weighted by molar-refractivity contribution is 0.0764. The Balaban J connectivity index is 1.35. The largest absolute Gasteiger partial charge is 0.497 e. The lowest BCUT2D eigenvalue weighted by atomic mass is 9.93. The van der Waals surface area contributed by atoms with E-state index in [1.807, 2.05) is 24.3 Å². The predicted molar refractivity (Wildman–Crippen MR) is 151 cm³/mol. The smallest absolute Gasteiger partial charge is 0.256 e. The topological polar surface area (TPSA) is 76.6 Å². The van der Waals surface area contributed by atoms with E-state index in [-0.39, 0.29) is 30.3 Å². The number of pyridine rings is 2. The number of hydrogen-bond acceptors (Lipinski definition) is 6. The molecule has 1 N–H and O–H groups in total. The van der Waals surface area contributed by atoms with Crippen LogP contribution in [0, 0.1) is 11.6 Å². The van der Waals surface area contributed by atoms with Crippen LogP contribution in [0.3, 0.4) is 0 Å². The summed E-state index contributed by atoms with van der Waals surface area (Å²) in [5.74, 6) is -0.392. The number of benzene rings is 2. The summed E-state index contributed by atoms with van der Waals surface area (Å²) in [6.45, 7) is 0.461. The van der Waals surface area contributed by atoms with Gasteiger partial charge in [0.2, 0.25) is 0 Å². The number of halogens is 2. The van der Waals surface area contributed by atoms with Crippen molar-refractivity contribution in [2.75, 3.05) is 19.5 Å². The molecule has 210 valence electrons. The zero-order valence-electron chi connectivity index (χ0n) is 22.9. The van der Waals surface area contributed by atoms with Gasteiger partial charge in [0.05, 0.1) is 61.7 Å². The van der Waals surface area contributed by atoms with E-state index in [4.69, 9.17) is 9.47 Å².